The zero-order valence-electron chi connectivity index (χ0n) is 24.4. The third-order valence-electron chi connectivity index (χ3n) is 7.39. The van der Waals surface area contributed by atoms with Gasteiger partial charge in [0.15, 0.2) is 5.82 Å². The molecule has 8 nitrogen and oxygen atoms in total. The Morgan fingerprint density at radius 1 is 1.26 bits per heavy atom. The lowest BCUT2D eigenvalue weighted by molar-refractivity contribution is 0.407. The molecule has 2 aromatic heterocycles. The van der Waals surface area contributed by atoms with Crippen LogP contribution in [0.1, 0.15) is 50.3 Å². The van der Waals surface area contributed by atoms with Crippen LogP contribution in [0.2, 0.25) is 5.02 Å². The van der Waals surface area contributed by atoms with Crippen LogP contribution in [0.15, 0.2) is 66.1 Å². The van der Waals surface area contributed by atoms with E-state index in [1.54, 1.807) is 31.3 Å². The second-order valence-corrected chi connectivity index (χ2v) is 11.2. The van der Waals surface area contributed by atoms with E-state index in [1.165, 1.54) is 4.57 Å². The van der Waals surface area contributed by atoms with Crippen molar-refractivity contribution >= 4 is 28.5 Å². The van der Waals surface area contributed by atoms with Gasteiger partial charge in [-0.05, 0) is 81.0 Å². The number of nitrogens with one attached hydrogen (secondary N) is 4. The van der Waals surface area contributed by atoms with E-state index in [4.69, 9.17) is 22.7 Å². The Balaban J connectivity index is 1.53. The first-order chi connectivity index (χ1) is 20.6. The highest BCUT2D eigenvalue weighted by atomic mass is 35.5. The monoisotopic (exact) mass is 609 g/mol. The third-order valence-corrected chi connectivity index (χ3v) is 7.67. The molecule has 228 valence electrons. The van der Waals surface area contributed by atoms with Gasteiger partial charge < -0.3 is 21.4 Å². The normalized spacial score (nSPS) is 13.5. The first kappa shape index (κ1) is 32.1. The summed E-state index contributed by atoms with van der Waals surface area (Å²) in [5.41, 5.74) is 8.73. The number of hydrogen-bond acceptors (Lipinski definition) is 5. The van der Waals surface area contributed by atoms with Gasteiger partial charge in [-0.1, -0.05) is 29.8 Å². The molecule has 2 heterocycles. The van der Waals surface area contributed by atoms with Crippen molar-refractivity contribution in [3.8, 4) is 16.9 Å². The Kier molecular flexibility index (Phi) is 10.8. The number of halogens is 3. The van der Waals surface area contributed by atoms with E-state index in [0.717, 1.165) is 17.5 Å². The Labute approximate surface area is 254 Å². The summed E-state index contributed by atoms with van der Waals surface area (Å²) in [4.78, 5) is 20.2. The van der Waals surface area contributed by atoms with Crippen molar-refractivity contribution in [2.24, 2.45) is 5.73 Å². The summed E-state index contributed by atoms with van der Waals surface area (Å²) >= 11 is 6.21. The molecule has 0 saturated carbocycles. The molecule has 0 aliphatic rings. The molecule has 2 aromatic carbocycles. The molecule has 43 heavy (non-hydrogen) atoms. The van der Waals surface area contributed by atoms with E-state index in [2.05, 4.69) is 34.1 Å². The van der Waals surface area contributed by atoms with Crippen LogP contribution in [0.4, 0.5) is 8.78 Å². The average Bonchev–Trinajstić information content (AvgIpc) is 3.40. The summed E-state index contributed by atoms with van der Waals surface area (Å²) in [5.74, 6) is -0.148. The highest BCUT2D eigenvalue weighted by molar-refractivity contribution is 6.31. The Morgan fingerprint density at radius 3 is 2.67 bits per heavy atom. The summed E-state index contributed by atoms with van der Waals surface area (Å²) in [6, 6.07) is 12.2. The number of alkyl halides is 1. The Morgan fingerprint density at radius 2 is 2.00 bits per heavy atom. The van der Waals surface area contributed by atoms with Gasteiger partial charge in [0.05, 0.1) is 22.2 Å². The van der Waals surface area contributed by atoms with Crippen molar-refractivity contribution in [2.75, 3.05) is 13.2 Å². The highest BCUT2D eigenvalue weighted by Crippen LogP contribution is 2.31. The van der Waals surface area contributed by atoms with Crippen LogP contribution in [0, 0.1) is 11.2 Å². The van der Waals surface area contributed by atoms with Gasteiger partial charge in [-0.3, -0.25) is 9.98 Å². The molecule has 11 heteroatoms. The Bertz CT molecular complexity index is 1630. The zero-order chi connectivity index (χ0) is 31.1. The van der Waals surface area contributed by atoms with E-state index in [-0.39, 0.29) is 22.7 Å². The van der Waals surface area contributed by atoms with Crippen LogP contribution >= 0.6 is 11.6 Å². The number of H-pyrrole nitrogens is 1. The number of nitrogens with zero attached hydrogens (tertiary/aromatic N) is 2. The summed E-state index contributed by atoms with van der Waals surface area (Å²) in [6.07, 6.45) is 6.05. The highest BCUT2D eigenvalue weighted by Gasteiger charge is 2.16. The average molecular weight is 610 g/mol. The Hall–Kier alpha value is -3.86. The van der Waals surface area contributed by atoms with Crippen molar-refractivity contribution in [3.05, 3.63) is 93.8 Å². The maximum absolute atomic E-state index is 15.1. The maximum Gasteiger partial charge on any atom is 0.354 e. The fourth-order valence-electron chi connectivity index (χ4n) is 4.98. The largest absolute Gasteiger partial charge is 0.374 e. The molecule has 6 N–H and O–H groups in total. The number of aromatic nitrogens is 3. The topological polar surface area (TPSA) is 125 Å². The van der Waals surface area contributed by atoms with Crippen molar-refractivity contribution in [1.29, 1.82) is 5.41 Å². The molecular weight excluding hydrogens is 572 g/mol. The molecule has 0 aliphatic heterocycles. The lowest BCUT2D eigenvalue weighted by Gasteiger charge is -2.21. The molecule has 0 radical (unpaired) electrons. The lowest BCUT2D eigenvalue weighted by atomic mass is 10.0. The van der Waals surface area contributed by atoms with Gasteiger partial charge in [-0.25, -0.2) is 13.6 Å². The molecule has 0 spiro atoms. The van der Waals surface area contributed by atoms with E-state index >= 15 is 4.39 Å². The second-order valence-electron chi connectivity index (χ2n) is 10.8. The van der Waals surface area contributed by atoms with Crippen LogP contribution in [-0.4, -0.2) is 45.7 Å². The SMILES string of the molecule is C=C[C@@H](CCNC(C)=N)N[C@@H](C)c1ccc(-n2cc3cc(-c4cc(CCC[C@@H](N)CF)cc(Cl)c4F)[nH]c3nc2=O)cc1. The summed E-state index contributed by atoms with van der Waals surface area (Å²) in [7, 11) is 0. The van der Waals surface area contributed by atoms with Gasteiger partial charge in [0.1, 0.15) is 12.3 Å². The van der Waals surface area contributed by atoms with Crippen molar-refractivity contribution in [1.82, 2.24) is 25.2 Å². The first-order valence-corrected chi connectivity index (χ1v) is 14.7. The fourth-order valence-corrected chi connectivity index (χ4v) is 5.22. The quantitative estimate of drug-likeness (QED) is 0.0684. The molecule has 0 bridgehead atoms. The number of rotatable bonds is 14. The van der Waals surface area contributed by atoms with Crippen LogP contribution in [0.5, 0.6) is 0 Å². The van der Waals surface area contributed by atoms with E-state index in [0.29, 0.717) is 54.1 Å². The van der Waals surface area contributed by atoms with Crippen LogP contribution < -0.4 is 22.1 Å². The van der Waals surface area contributed by atoms with Crippen molar-refractivity contribution in [3.63, 3.8) is 0 Å². The van der Waals surface area contributed by atoms with Gasteiger partial charge in [-0.2, -0.15) is 4.98 Å². The van der Waals surface area contributed by atoms with Gasteiger partial charge >= 0.3 is 5.69 Å². The fraction of sp³-hybridized carbons (Fsp3) is 0.344. The van der Waals surface area contributed by atoms with Crippen molar-refractivity contribution in [2.45, 2.75) is 57.7 Å². The summed E-state index contributed by atoms with van der Waals surface area (Å²) < 4.78 is 29.2. The van der Waals surface area contributed by atoms with Crippen LogP contribution in [0.25, 0.3) is 28.0 Å². The second kappa shape index (κ2) is 14.5. The molecular formula is C32H38ClF2N7O. The van der Waals surface area contributed by atoms with Gasteiger partial charge in [0.2, 0.25) is 0 Å². The first-order valence-electron chi connectivity index (χ1n) is 14.3. The summed E-state index contributed by atoms with van der Waals surface area (Å²) in [6.45, 7) is 7.77. The van der Waals surface area contributed by atoms with Crippen LogP contribution in [-0.2, 0) is 6.42 Å². The van der Waals surface area contributed by atoms with Gasteiger partial charge in [0.25, 0.3) is 0 Å². The molecule has 4 rings (SSSR count). The predicted octanol–water partition coefficient (Wildman–Crippen LogP) is 5.97. The van der Waals surface area contributed by atoms with Crippen LogP contribution in [0.3, 0.4) is 0 Å². The molecule has 0 aliphatic carbocycles. The van der Waals surface area contributed by atoms with E-state index in [9.17, 15) is 9.18 Å². The number of nitrogens with two attached hydrogens (primary N) is 1. The molecule has 0 amide bonds. The maximum atomic E-state index is 15.1. The van der Waals surface area contributed by atoms with Gasteiger partial charge in [-0.15, -0.1) is 6.58 Å². The number of aromatic amines is 1. The third kappa shape index (κ3) is 8.16. The zero-order valence-corrected chi connectivity index (χ0v) is 25.1. The smallest absolute Gasteiger partial charge is 0.354 e. The molecule has 3 atom stereocenters. The molecule has 0 fully saturated rings. The lowest BCUT2D eigenvalue weighted by Crippen LogP contribution is -2.33. The number of benzene rings is 2. The minimum absolute atomic E-state index is 0.0187. The molecule has 4 aromatic rings. The van der Waals surface area contributed by atoms with E-state index < -0.39 is 24.2 Å². The summed E-state index contributed by atoms with van der Waals surface area (Å²) in [5, 5.41) is 14.7. The minimum Gasteiger partial charge on any atom is -0.374 e. The predicted molar refractivity (Wildman–Crippen MR) is 171 cm³/mol. The number of aryl methyl sites for hydroxylation is 1. The molecule has 0 saturated heterocycles. The minimum atomic E-state index is -0.582. The van der Waals surface area contributed by atoms with Gasteiger partial charge in [0, 0.05) is 41.8 Å². The number of amidine groups is 1. The van der Waals surface area contributed by atoms with Crippen molar-refractivity contribution < 1.29 is 8.78 Å². The number of fused-ring (bicyclic) bond motifs is 1. The standard InChI is InChI=1S/C32H38ClF2N7O/c1-4-25(12-13-38-20(3)36)39-19(2)22-8-10-26(11-9-22)42-18-23-16-29(40-31(23)41-32(42)43)27-14-21(15-28(33)30(27)35)6-5-7-24(37)17-34/h4,8-11,14-16,18-19,24-25,39H,1,5-7,12-13,17,37H2,2-3H3,(H2,36,38)(H,40,41,43)/t19-,24+,25-/m0/s1. The number of hydrogen-bond donors (Lipinski definition) is 5. The van der Waals surface area contributed by atoms with E-state index in [1.807, 2.05) is 30.3 Å². The molecule has 0 unspecified atom stereocenters.